The molecule has 5 nitrogen and oxygen atoms in total. The summed E-state index contributed by atoms with van der Waals surface area (Å²) in [5, 5.41) is 9.48. The Labute approximate surface area is 153 Å². The van der Waals surface area contributed by atoms with Crippen molar-refractivity contribution >= 4 is 6.09 Å². The van der Waals surface area contributed by atoms with E-state index in [2.05, 4.69) is 24.3 Å². The van der Waals surface area contributed by atoms with Crippen LogP contribution in [0.1, 0.15) is 24.0 Å². The number of ether oxygens (including phenoxy) is 2. The number of aliphatic hydroxyl groups excluding tert-OH is 1. The van der Waals surface area contributed by atoms with Crippen LogP contribution in [0.3, 0.4) is 0 Å². The molecule has 0 spiro atoms. The maximum Gasteiger partial charge on any atom is 0.409 e. The van der Waals surface area contributed by atoms with E-state index in [4.69, 9.17) is 9.47 Å². The first kappa shape index (κ1) is 17.1. The molecule has 1 aliphatic carbocycles. The largest absolute Gasteiger partial charge is 0.448 e. The normalized spacial score (nSPS) is 17.4. The number of carbonyl (C=O) groups is 1. The third kappa shape index (κ3) is 2.77. The molecule has 1 heterocycles. The first-order valence-electron chi connectivity index (χ1n) is 9.02. The zero-order chi connectivity index (χ0) is 18.1. The van der Waals surface area contributed by atoms with Gasteiger partial charge >= 0.3 is 6.09 Å². The first-order chi connectivity index (χ1) is 12.7. The van der Waals surface area contributed by atoms with Gasteiger partial charge in [0.05, 0.1) is 19.7 Å². The molecular weight excluding hydrogens is 330 g/mol. The summed E-state index contributed by atoms with van der Waals surface area (Å²) >= 11 is 0. The minimum Gasteiger partial charge on any atom is -0.448 e. The zero-order valence-electron chi connectivity index (χ0n) is 14.9. The average molecular weight is 353 g/mol. The summed E-state index contributed by atoms with van der Waals surface area (Å²) in [4.78, 5) is 14.0. The van der Waals surface area contributed by atoms with Crippen molar-refractivity contribution in [2.24, 2.45) is 0 Å². The van der Waals surface area contributed by atoms with Crippen LogP contribution in [0.25, 0.3) is 11.1 Å². The minimum atomic E-state index is -0.625. The lowest BCUT2D eigenvalue weighted by atomic mass is 9.95. The number of benzene rings is 2. The maximum absolute atomic E-state index is 12.4. The summed E-state index contributed by atoms with van der Waals surface area (Å²) < 4.78 is 11.2. The Hall–Kier alpha value is -2.37. The third-order valence-corrected chi connectivity index (χ3v) is 5.29. The average Bonchev–Trinajstić information content (AvgIpc) is 2.96. The highest BCUT2D eigenvalue weighted by molar-refractivity contribution is 5.79. The highest BCUT2D eigenvalue weighted by Crippen LogP contribution is 2.44. The van der Waals surface area contributed by atoms with Gasteiger partial charge in [-0.15, -0.1) is 0 Å². The summed E-state index contributed by atoms with van der Waals surface area (Å²) in [6.45, 7) is 3.35. The van der Waals surface area contributed by atoms with Gasteiger partial charge in [0.1, 0.15) is 12.2 Å². The van der Waals surface area contributed by atoms with Crippen LogP contribution < -0.4 is 0 Å². The molecule has 1 amide bonds. The van der Waals surface area contributed by atoms with Gasteiger partial charge in [-0.2, -0.15) is 0 Å². The Morgan fingerprint density at radius 1 is 1.12 bits per heavy atom. The van der Waals surface area contributed by atoms with Crippen LogP contribution in [0.2, 0.25) is 0 Å². The fraction of sp³-hybridized carbons (Fsp3) is 0.381. The summed E-state index contributed by atoms with van der Waals surface area (Å²) in [5.41, 5.74) is 4.20. The molecule has 0 aromatic heterocycles. The van der Waals surface area contributed by atoms with Crippen LogP contribution in [0.4, 0.5) is 4.79 Å². The van der Waals surface area contributed by atoms with Crippen molar-refractivity contribution in [3.63, 3.8) is 0 Å². The van der Waals surface area contributed by atoms with Gasteiger partial charge in [0.15, 0.2) is 0 Å². The molecule has 1 N–H and O–H groups in total. The predicted octanol–water partition coefficient (Wildman–Crippen LogP) is 3.02. The van der Waals surface area contributed by atoms with Crippen molar-refractivity contribution in [3.05, 3.63) is 59.7 Å². The Bertz CT molecular complexity index is 768. The van der Waals surface area contributed by atoms with Crippen molar-refractivity contribution in [2.75, 3.05) is 32.9 Å². The van der Waals surface area contributed by atoms with E-state index >= 15 is 0 Å². The summed E-state index contributed by atoms with van der Waals surface area (Å²) in [6.07, 6.45) is -0.351. The second-order valence-electron chi connectivity index (χ2n) is 6.93. The number of likely N-dealkylation sites (tertiary alicyclic amines) is 1. The van der Waals surface area contributed by atoms with Gasteiger partial charge in [0, 0.05) is 12.5 Å². The molecule has 1 aliphatic heterocycles. The van der Waals surface area contributed by atoms with Gasteiger partial charge in [0.25, 0.3) is 0 Å². The molecule has 0 unspecified atom stereocenters. The number of amides is 1. The number of nitrogens with zero attached hydrogens (tertiary/aromatic N) is 1. The SMILES string of the molecule is CCOC1(CO)CN(C(=O)OCC2c3ccccc3-c3ccccc32)C1. The highest BCUT2D eigenvalue weighted by atomic mass is 16.6. The molecule has 0 saturated carbocycles. The Morgan fingerprint density at radius 2 is 1.69 bits per heavy atom. The van der Waals surface area contributed by atoms with Gasteiger partial charge in [0.2, 0.25) is 0 Å². The zero-order valence-corrected chi connectivity index (χ0v) is 14.9. The molecule has 2 aliphatic rings. The van der Waals surface area contributed by atoms with Crippen LogP contribution in [0.5, 0.6) is 0 Å². The molecular formula is C21H23NO4. The molecule has 136 valence electrons. The van der Waals surface area contributed by atoms with Gasteiger partial charge in [-0.1, -0.05) is 48.5 Å². The van der Waals surface area contributed by atoms with Crippen molar-refractivity contribution in [2.45, 2.75) is 18.4 Å². The van der Waals surface area contributed by atoms with E-state index in [0.717, 1.165) is 0 Å². The van der Waals surface area contributed by atoms with E-state index < -0.39 is 5.60 Å². The van der Waals surface area contributed by atoms with E-state index in [-0.39, 0.29) is 18.6 Å². The lowest BCUT2D eigenvalue weighted by Gasteiger charge is -2.47. The molecule has 0 bridgehead atoms. The van der Waals surface area contributed by atoms with Crippen molar-refractivity contribution in [1.82, 2.24) is 4.90 Å². The number of carbonyl (C=O) groups excluding carboxylic acids is 1. The van der Waals surface area contributed by atoms with Crippen LogP contribution in [0.15, 0.2) is 48.5 Å². The fourth-order valence-corrected chi connectivity index (χ4v) is 4.01. The summed E-state index contributed by atoms with van der Waals surface area (Å²) in [7, 11) is 0. The number of rotatable bonds is 5. The molecule has 26 heavy (non-hydrogen) atoms. The number of hydrogen-bond acceptors (Lipinski definition) is 4. The molecule has 2 aromatic rings. The molecule has 0 atom stereocenters. The third-order valence-electron chi connectivity index (χ3n) is 5.29. The topological polar surface area (TPSA) is 59.0 Å². The number of hydrogen-bond donors (Lipinski definition) is 1. The Balaban J connectivity index is 1.43. The van der Waals surface area contributed by atoms with Gasteiger partial charge in [-0.25, -0.2) is 4.79 Å². The van der Waals surface area contributed by atoms with E-state index in [0.29, 0.717) is 26.3 Å². The van der Waals surface area contributed by atoms with Crippen LogP contribution in [0, 0.1) is 0 Å². The maximum atomic E-state index is 12.4. The predicted molar refractivity (Wildman–Crippen MR) is 98.1 cm³/mol. The van der Waals surface area contributed by atoms with Crippen LogP contribution in [-0.2, 0) is 9.47 Å². The fourth-order valence-electron chi connectivity index (χ4n) is 4.01. The molecule has 1 saturated heterocycles. The number of fused-ring (bicyclic) bond motifs is 3. The highest BCUT2D eigenvalue weighted by Gasteiger charge is 2.46. The van der Waals surface area contributed by atoms with Crippen LogP contribution in [-0.4, -0.2) is 54.6 Å². The van der Waals surface area contributed by atoms with Gasteiger partial charge < -0.3 is 19.5 Å². The molecule has 1 fully saturated rings. The van der Waals surface area contributed by atoms with E-state index in [1.165, 1.54) is 22.3 Å². The van der Waals surface area contributed by atoms with Gasteiger partial charge in [-0.05, 0) is 29.2 Å². The van der Waals surface area contributed by atoms with Crippen LogP contribution >= 0.6 is 0 Å². The standard InChI is InChI=1S/C21H23NO4/c1-2-26-21(14-23)12-22(13-21)20(24)25-11-19-17-9-5-3-7-15(17)16-8-4-6-10-18(16)19/h3-10,19,23H,2,11-14H2,1H3. The molecule has 4 rings (SSSR count). The minimum absolute atomic E-state index is 0.0575. The van der Waals surface area contributed by atoms with Crippen molar-refractivity contribution in [1.29, 1.82) is 0 Å². The lowest BCUT2D eigenvalue weighted by molar-refractivity contribution is -0.154. The lowest BCUT2D eigenvalue weighted by Crippen LogP contribution is -2.66. The molecule has 2 aromatic carbocycles. The quantitative estimate of drug-likeness (QED) is 0.898. The monoisotopic (exact) mass is 353 g/mol. The van der Waals surface area contributed by atoms with Gasteiger partial charge in [-0.3, -0.25) is 0 Å². The molecule has 0 radical (unpaired) electrons. The smallest absolute Gasteiger partial charge is 0.409 e. The Morgan fingerprint density at radius 3 is 2.23 bits per heavy atom. The van der Waals surface area contributed by atoms with E-state index in [9.17, 15) is 9.90 Å². The van der Waals surface area contributed by atoms with Crippen molar-refractivity contribution in [3.8, 4) is 11.1 Å². The molecule has 5 heteroatoms. The van der Waals surface area contributed by atoms with Crippen molar-refractivity contribution < 1.29 is 19.4 Å². The van der Waals surface area contributed by atoms with E-state index in [1.807, 2.05) is 31.2 Å². The summed E-state index contributed by atoms with van der Waals surface area (Å²) in [6, 6.07) is 16.5. The second kappa shape index (κ2) is 6.74. The van der Waals surface area contributed by atoms with E-state index in [1.54, 1.807) is 4.90 Å². The Kier molecular flexibility index (Phi) is 4.42. The number of aliphatic hydroxyl groups is 1. The first-order valence-corrected chi connectivity index (χ1v) is 9.02. The summed E-state index contributed by atoms with van der Waals surface area (Å²) in [5.74, 6) is 0.0575. The second-order valence-corrected chi connectivity index (χ2v) is 6.93.